The zero-order valence-electron chi connectivity index (χ0n) is 10.8. The van der Waals surface area contributed by atoms with Crippen LogP contribution >= 0.6 is 0 Å². The number of ether oxygens (including phenoxy) is 1. The number of hydrogen-bond acceptors (Lipinski definition) is 2. The quantitative estimate of drug-likeness (QED) is 0.808. The summed E-state index contributed by atoms with van der Waals surface area (Å²) in [7, 11) is 1.65. The van der Waals surface area contributed by atoms with E-state index in [0.29, 0.717) is 12.5 Å². The lowest BCUT2D eigenvalue weighted by Gasteiger charge is -2.40. The minimum atomic E-state index is -0.658. The summed E-state index contributed by atoms with van der Waals surface area (Å²) >= 11 is 0. The minimum Gasteiger partial charge on any atom is -0.481 e. The molecule has 3 heteroatoms. The van der Waals surface area contributed by atoms with Gasteiger partial charge < -0.3 is 9.84 Å². The molecule has 0 amide bonds. The highest BCUT2D eigenvalue weighted by atomic mass is 16.5. The van der Waals surface area contributed by atoms with Crippen molar-refractivity contribution in [1.82, 2.24) is 0 Å². The van der Waals surface area contributed by atoms with E-state index in [1.807, 2.05) is 0 Å². The van der Waals surface area contributed by atoms with E-state index in [-0.39, 0.29) is 17.3 Å². The molecule has 3 atom stereocenters. The summed E-state index contributed by atoms with van der Waals surface area (Å²) in [4.78, 5) is 11.1. The topological polar surface area (TPSA) is 46.5 Å². The van der Waals surface area contributed by atoms with Gasteiger partial charge in [0.2, 0.25) is 0 Å². The molecule has 0 bridgehead atoms. The first-order valence-electron chi connectivity index (χ1n) is 6.08. The zero-order valence-corrected chi connectivity index (χ0v) is 10.8. The SMILES string of the molecule is COCC1CC(C(C)(C)C)CCC1C(=O)O. The van der Waals surface area contributed by atoms with Gasteiger partial charge in [-0.05, 0) is 36.5 Å². The fraction of sp³-hybridized carbons (Fsp3) is 0.923. The molecule has 3 unspecified atom stereocenters. The van der Waals surface area contributed by atoms with Crippen LogP contribution in [-0.2, 0) is 9.53 Å². The van der Waals surface area contributed by atoms with Crippen LogP contribution in [-0.4, -0.2) is 24.8 Å². The van der Waals surface area contributed by atoms with Gasteiger partial charge in [-0.25, -0.2) is 0 Å². The third-order valence-corrected chi connectivity index (χ3v) is 3.91. The fourth-order valence-corrected chi connectivity index (χ4v) is 2.77. The molecule has 1 N–H and O–H groups in total. The second-order valence-electron chi connectivity index (χ2n) is 6.04. The van der Waals surface area contributed by atoms with Gasteiger partial charge in [-0.1, -0.05) is 20.8 Å². The highest BCUT2D eigenvalue weighted by Gasteiger charge is 2.38. The van der Waals surface area contributed by atoms with Gasteiger partial charge >= 0.3 is 5.97 Å². The molecule has 0 aromatic rings. The van der Waals surface area contributed by atoms with Crippen LogP contribution < -0.4 is 0 Å². The minimum absolute atomic E-state index is 0.181. The van der Waals surface area contributed by atoms with Crippen molar-refractivity contribution in [2.75, 3.05) is 13.7 Å². The Balaban J connectivity index is 2.68. The van der Waals surface area contributed by atoms with Gasteiger partial charge in [-0.15, -0.1) is 0 Å². The largest absolute Gasteiger partial charge is 0.481 e. The molecule has 1 rings (SSSR count). The summed E-state index contributed by atoms with van der Waals surface area (Å²) in [6.45, 7) is 7.29. The van der Waals surface area contributed by atoms with Crippen molar-refractivity contribution in [3.63, 3.8) is 0 Å². The predicted molar refractivity (Wildman–Crippen MR) is 63.3 cm³/mol. The van der Waals surface area contributed by atoms with Crippen LogP contribution in [0.25, 0.3) is 0 Å². The Morgan fingerprint density at radius 3 is 2.44 bits per heavy atom. The number of hydrogen-bond donors (Lipinski definition) is 1. The van der Waals surface area contributed by atoms with E-state index in [9.17, 15) is 4.79 Å². The van der Waals surface area contributed by atoms with Gasteiger partial charge in [-0.2, -0.15) is 0 Å². The Bertz CT molecular complexity index is 242. The van der Waals surface area contributed by atoms with E-state index < -0.39 is 5.97 Å². The first kappa shape index (κ1) is 13.5. The van der Waals surface area contributed by atoms with Crippen molar-refractivity contribution in [3.8, 4) is 0 Å². The summed E-state index contributed by atoms with van der Waals surface area (Å²) in [5.41, 5.74) is 0.273. The van der Waals surface area contributed by atoms with Crippen LogP contribution in [0.2, 0.25) is 0 Å². The molecule has 1 saturated carbocycles. The molecular weight excluding hydrogens is 204 g/mol. The van der Waals surface area contributed by atoms with Crippen molar-refractivity contribution in [2.24, 2.45) is 23.2 Å². The van der Waals surface area contributed by atoms with Crippen LogP contribution in [0.15, 0.2) is 0 Å². The summed E-state index contributed by atoms with van der Waals surface area (Å²) in [6.07, 6.45) is 2.81. The monoisotopic (exact) mass is 228 g/mol. The second kappa shape index (κ2) is 5.17. The van der Waals surface area contributed by atoms with E-state index in [4.69, 9.17) is 9.84 Å². The van der Waals surface area contributed by atoms with E-state index >= 15 is 0 Å². The highest BCUT2D eigenvalue weighted by molar-refractivity contribution is 5.70. The highest BCUT2D eigenvalue weighted by Crippen LogP contribution is 2.42. The van der Waals surface area contributed by atoms with Crippen molar-refractivity contribution in [3.05, 3.63) is 0 Å². The van der Waals surface area contributed by atoms with Gasteiger partial charge in [0.15, 0.2) is 0 Å². The van der Waals surface area contributed by atoms with Crippen molar-refractivity contribution in [2.45, 2.75) is 40.0 Å². The molecule has 0 radical (unpaired) electrons. The normalized spacial score (nSPS) is 31.4. The lowest BCUT2D eigenvalue weighted by atomic mass is 9.66. The average molecular weight is 228 g/mol. The lowest BCUT2D eigenvalue weighted by molar-refractivity contribution is -0.147. The molecule has 0 aromatic carbocycles. The number of carboxylic acids is 1. The smallest absolute Gasteiger partial charge is 0.306 e. The molecule has 0 spiro atoms. The second-order valence-corrected chi connectivity index (χ2v) is 6.04. The third kappa shape index (κ3) is 3.21. The van der Waals surface area contributed by atoms with E-state index in [0.717, 1.165) is 19.3 Å². The maximum atomic E-state index is 11.1. The third-order valence-electron chi connectivity index (χ3n) is 3.91. The Hall–Kier alpha value is -0.570. The number of aliphatic carboxylic acids is 1. The maximum absolute atomic E-state index is 11.1. The number of rotatable bonds is 3. The van der Waals surface area contributed by atoms with Crippen LogP contribution in [0.1, 0.15) is 40.0 Å². The van der Waals surface area contributed by atoms with Gasteiger partial charge in [0.05, 0.1) is 5.92 Å². The lowest BCUT2D eigenvalue weighted by Crippen LogP contribution is -2.37. The molecule has 0 aliphatic heterocycles. The Labute approximate surface area is 98.2 Å². The number of methoxy groups -OCH3 is 1. The Kier molecular flexibility index (Phi) is 4.36. The maximum Gasteiger partial charge on any atom is 0.306 e. The summed E-state index contributed by atoms with van der Waals surface area (Å²) in [5, 5.41) is 9.17. The molecule has 0 saturated heterocycles. The van der Waals surface area contributed by atoms with Gasteiger partial charge in [0.1, 0.15) is 0 Å². The van der Waals surface area contributed by atoms with E-state index in [2.05, 4.69) is 20.8 Å². The molecule has 1 aliphatic rings. The van der Waals surface area contributed by atoms with Crippen LogP contribution in [0.4, 0.5) is 0 Å². The number of carboxylic acid groups (broad SMARTS) is 1. The van der Waals surface area contributed by atoms with Gasteiger partial charge in [0.25, 0.3) is 0 Å². The van der Waals surface area contributed by atoms with E-state index in [1.54, 1.807) is 7.11 Å². The van der Waals surface area contributed by atoms with Crippen molar-refractivity contribution < 1.29 is 14.6 Å². The molecule has 16 heavy (non-hydrogen) atoms. The predicted octanol–water partition coefficient (Wildman–Crippen LogP) is 2.80. The first-order chi connectivity index (χ1) is 7.36. The molecule has 0 heterocycles. The van der Waals surface area contributed by atoms with Crippen LogP contribution in [0, 0.1) is 23.2 Å². The zero-order chi connectivity index (χ0) is 12.3. The Morgan fingerprint density at radius 2 is 2.00 bits per heavy atom. The van der Waals surface area contributed by atoms with Gasteiger partial charge in [0, 0.05) is 13.7 Å². The first-order valence-corrected chi connectivity index (χ1v) is 6.08. The van der Waals surface area contributed by atoms with Crippen LogP contribution in [0.5, 0.6) is 0 Å². The van der Waals surface area contributed by atoms with Gasteiger partial charge in [-0.3, -0.25) is 4.79 Å². The summed E-state index contributed by atoms with van der Waals surface area (Å²) in [6, 6.07) is 0. The standard InChI is InChI=1S/C13H24O3/c1-13(2,3)10-5-6-11(12(14)15)9(7-10)8-16-4/h9-11H,5-8H2,1-4H3,(H,14,15). The number of carbonyl (C=O) groups is 1. The Morgan fingerprint density at radius 1 is 1.38 bits per heavy atom. The van der Waals surface area contributed by atoms with Crippen molar-refractivity contribution in [1.29, 1.82) is 0 Å². The summed E-state index contributed by atoms with van der Waals surface area (Å²) in [5.74, 6) is -0.0725. The molecule has 0 aromatic heterocycles. The molecular formula is C13H24O3. The van der Waals surface area contributed by atoms with Crippen molar-refractivity contribution >= 4 is 5.97 Å². The van der Waals surface area contributed by atoms with E-state index in [1.165, 1.54) is 0 Å². The summed E-state index contributed by atoms with van der Waals surface area (Å²) < 4.78 is 5.16. The molecule has 1 aliphatic carbocycles. The fourth-order valence-electron chi connectivity index (χ4n) is 2.77. The van der Waals surface area contributed by atoms with Crippen LogP contribution in [0.3, 0.4) is 0 Å². The molecule has 94 valence electrons. The molecule has 3 nitrogen and oxygen atoms in total. The average Bonchev–Trinajstić information content (AvgIpc) is 2.16. The molecule has 1 fully saturated rings.